The molecule has 0 saturated carbocycles. The van der Waals surface area contributed by atoms with Crippen LogP contribution in [0.4, 0.5) is 13.2 Å². The van der Waals surface area contributed by atoms with Crippen molar-refractivity contribution in [2.45, 2.75) is 0 Å². The number of aliphatic hydroxyl groups is 1. The average Bonchev–Trinajstić information content (AvgIpc) is 2.32. The Morgan fingerprint density at radius 1 is 1.17 bits per heavy atom. The number of ether oxygens (including phenoxy) is 1. The summed E-state index contributed by atoms with van der Waals surface area (Å²) in [6, 6.07) is 0.514. The molecular formula is C11H7F3O4. The highest BCUT2D eigenvalue weighted by Crippen LogP contribution is 2.15. The number of methoxy groups -OCH3 is 1. The van der Waals surface area contributed by atoms with Crippen LogP contribution in [0.3, 0.4) is 0 Å². The van der Waals surface area contributed by atoms with Gasteiger partial charge in [-0.15, -0.1) is 0 Å². The van der Waals surface area contributed by atoms with Gasteiger partial charge in [0, 0.05) is 12.1 Å². The lowest BCUT2D eigenvalue weighted by molar-refractivity contribution is -0.139. The molecule has 0 amide bonds. The molecule has 0 saturated heterocycles. The first-order chi connectivity index (χ1) is 8.36. The van der Waals surface area contributed by atoms with Crippen LogP contribution in [-0.2, 0) is 9.53 Å². The Morgan fingerprint density at radius 2 is 1.72 bits per heavy atom. The van der Waals surface area contributed by atoms with Crippen LogP contribution >= 0.6 is 0 Å². The third kappa shape index (κ3) is 2.88. The van der Waals surface area contributed by atoms with Gasteiger partial charge >= 0.3 is 5.97 Å². The summed E-state index contributed by atoms with van der Waals surface area (Å²) in [5, 5.41) is 9.04. The number of carbonyl (C=O) groups is 2. The molecule has 0 atom stereocenters. The zero-order valence-electron chi connectivity index (χ0n) is 9.04. The van der Waals surface area contributed by atoms with Crippen molar-refractivity contribution in [3.8, 4) is 0 Å². The van der Waals surface area contributed by atoms with Crippen LogP contribution in [0.1, 0.15) is 10.4 Å². The monoisotopic (exact) mass is 260 g/mol. The predicted octanol–water partition coefficient (Wildman–Crippen LogP) is 1.90. The molecule has 4 nitrogen and oxygen atoms in total. The molecule has 0 aliphatic carbocycles. The number of hydrogen-bond acceptors (Lipinski definition) is 4. The second-order valence-electron chi connectivity index (χ2n) is 3.13. The summed E-state index contributed by atoms with van der Waals surface area (Å²) in [6.45, 7) is 0. The number of allylic oxidation sites excluding steroid dienone is 1. The molecule has 1 aromatic carbocycles. The molecule has 0 fully saturated rings. The molecule has 0 aromatic heterocycles. The standard InChI is InChI=1S/C11H7F3O4/c1-18-11(17)10(16)4-9(15)5-2-7(13)8(14)3-6(5)12/h2-4,16H,1H3/b10-4-. The van der Waals surface area contributed by atoms with Crippen molar-refractivity contribution >= 4 is 11.8 Å². The van der Waals surface area contributed by atoms with E-state index in [1.807, 2.05) is 0 Å². The van der Waals surface area contributed by atoms with E-state index in [0.717, 1.165) is 7.11 Å². The Balaban J connectivity index is 3.13. The highest BCUT2D eigenvalue weighted by atomic mass is 19.2. The minimum absolute atomic E-state index is 0.186. The van der Waals surface area contributed by atoms with E-state index in [-0.39, 0.29) is 6.07 Å². The molecule has 96 valence electrons. The number of hydrogen-bond donors (Lipinski definition) is 1. The summed E-state index contributed by atoms with van der Waals surface area (Å²) in [5.74, 6) is -7.68. The highest BCUT2D eigenvalue weighted by Gasteiger charge is 2.17. The van der Waals surface area contributed by atoms with Gasteiger partial charge in [-0.1, -0.05) is 0 Å². The molecule has 0 aliphatic rings. The first-order valence-corrected chi connectivity index (χ1v) is 4.54. The Hall–Kier alpha value is -2.31. The Morgan fingerprint density at radius 3 is 2.28 bits per heavy atom. The molecule has 0 bridgehead atoms. The fraction of sp³-hybridized carbons (Fsp3) is 0.0909. The lowest BCUT2D eigenvalue weighted by Crippen LogP contribution is -2.08. The summed E-state index contributed by atoms with van der Waals surface area (Å²) in [4.78, 5) is 22.2. The van der Waals surface area contributed by atoms with E-state index in [0.29, 0.717) is 12.1 Å². The van der Waals surface area contributed by atoms with E-state index >= 15 is 0 Å². The Kier molecular flexibility index (Phi) is 4.09. The third-order valence-electron chi connectivity index (χ3n) is 1.94. The molecule has 1 rings (SSSR count). The lowest BCUT2D eigenvalue weighted by atomic mass is 10.1. The molecule has 0 unspecified atom stereocenters. The van der Waals surface area contributed by atoms with Crippen molar-refractivity contribution < 1.29 is 32.6 Å². The molecule has 0 aliphatic heterocycles. The predicted molar refractivity (Wildman–Crippen MR) is 53.4 cm³/mol. The van der Waals surface area contributed by atoms with Crippen LogP contribution in [-0.4, -0.2) is 24.0 Å². The number of carbonyl (C=O) groups excluding carboxylic acids is 2. The van der Waals surface area contributed by atoms with Gasteiger partial charge < -0.3 is 9.84 Å². The number of rotatable bonds is 3. The molecule has 7 heteroatoms. The third-order valence-corrected chi connectivity index (χ3v) is 1.94. The SMILES string of the molecule is COC(=O)/C(O)=C/C(=O)c1cc(F)c(F)cc1F. The van der Waals surface area contributed by atoms with Crippen molar-refractivity contribution in [1.29, 1.82) is 0 Å². The Bertz CT molecular complexity index is 537. The highest BCUT2D eigenvalue weighted by molar-refractivity contribution is 6.08. The molecule has 0 spiro atoms. The summed E-state index contributed by atoms with van der Waals surface area (Å²) < 4.78 is 42.7. The van der Waals surface area contributed by atoms with Gasteiger partial charge in [0.05, 0.1) is 12.7 Å². The van der Waals surface area contributed by atoms with E-state index in [1.165, 1.54) is 0 Å². The zero-order chi connectivity index (χ0) is 13.9. The number of benzene rings is 1. The van der Waals surface area contributed by atoms with E-state index in [1.54, 1.807) is 0 Å². The van der Waals surface area contributed by atoms with Crippen molar-refractivity contribution in [2.75, 3.05) is 7.11 Å². The van der Waals surface area contributed by atoms with Gasteiger partial charge in [-0.2, -0.15) is 0 Å². The van der Waals surface area contributed by atoms with E-state index in [4.69, 9.17) is 5.11 Å². The van der Waals surface area contributed by atoms with Crippen LogP contribution in [0, 0.1) is 17.5 Å². The molecule has 0 heterocycles. The van der Waals surface area contributed by atoms with E-state index in [9.17, 15) is 22.8 Å². The summed E-state index contributed by atoms with van der Waals surface area (Å²) in [5.41, 5.74) is -0.815. The normalized spacial score (nSPS) is 11.2. The van der Waals surface area contributed by atoms with Crippen LogP contribution < -0.4 is 0 Å². The summed E-state index contributed by atoms with van der Waals surface area (Å²) in [6.07, 6.45) is 0.349. The van der Waals surface area contributed by atoms with Gasteiger partial charge in [-0.05, 0) is 6.07 Å². The van der Waals surface area contributed by atoms with Crippen molar-refractivity contribution in [2.24, 2.45) is 0 Å². The zero-order valence-corrected chi connectivity index (χ0v) is 9.04. The first kappa shape index (κ1) is 13.8. The number of esters is 1. The summed E-state index contributed by atoms with van der Waals surface area (Å²) >= 11 is 0. The van der Waals surface area contributed by atoms with E-state index < -0.39 is 40.5 Å². The van der Waals surface area contributed by atoms with Gasteiger partial charge in [-0.3, -0.25) is 4.79 Å². The van der Waals surface area contributed by atoms with Crippen LogP contribution in [0.2, 0.25) is 0 Å². The fourth-order valence-corrected chi connectivity index (χ4v) is 1.08. The van der Waals surface area contributed by atoms with E-state index in [2.05, 4.69) is 4.74 Å². The fourth-order valence-electron chi connectivity index (χ4n) is 1.08. The number of ketones is 1. The van der Waals surface area contributed by atoms with Gasteiger partial charge in [0.2, 0.25) is 5.76 Å². The topological polar surface area (TPSA) is 63.6 Å². The summed E-state index contributed by atoms with van der Waals surface area (Å²) in [7, 11) is 0.953. The second kappa shape index (κ2) is 5.35. The maximum absolute atomic E-state index is 13.2. The number of aliphatic hydroxyl groups excluding tert-OH is 1. The number of halogens is 3. The van der Waals surface area contributed by atoms with Crippen molar-refractivity contribution in [3.63, 3.8) is 0 Å². The van der Waals surface area contributed by atoms with Crippen LogP contribution in [0.5, 0.6) is 0 Å². The van der Waals surface area contributed by atoms with Crippen LogP contribution in [0.15, 0.2) is 24.0 Å². The molecule has 1 N–H and O–H groups in total. The molecule has 0 radical (unpaired) electrons. The van der Waals surface area contributed by atoms with Gasteiger partial charge in [0.25, 0.3) is 0 Å². The van der Waals surface area contributed by atoms with Crippen molar-refractivity contribution in [3.05, 3.63) is 47.0 Å². The molecule has 1 aromatic rings. The maximum atomic E-state index is 13.2. The smallest absolute Gasteiger partial charge is 0.373 e. The van der Waals surface area contributed by atoms with Gasteiger partial charge in [0.15, 0.2) is 17.4 Å². The average molecular weight is 260 g/mol. The Labute approximate surface area is 99.3 Å². The largest absolute Gasteiger partial charge is 0.502 e. The first-order valence-electron chi connectivity index (χ1n) is 4.54. The van der Waals surface area contributed by atoms with Gasteiger partial charge in [-0.25, -0.2) is 18.0 Å². The minimum Gasteiger partial charge on any atom is -0.502 e. The quantitative estimate of drug-likeness (QED) is 0.296. The van der Waals surface area contributed by atoms with Crippen LogP contribution in [0.25, 0.3) is 0 Å². The second-order valence-corrected chi connectivity index (χ2v) is 3.13. The molecule has 18 heavy (non-hydrogen) atoms. The lowest BCUT2D eigenvalue weighted by Gasteiger charge is -2.01. The van der Waals surface area contributed by atoms with Crippen molar-refractivity contribution in [1.82, 2.24) is 0 Å². The molecular weight excluding hydrogens is 253 g/mol. The van der Waals surface area contributed by atoms with Gasteiger partial charge in [0.1, 0.15) is 5.82 Å². The minimum atomic E-state index is -1.45. The maximum Gasteiger partial charge on any atom is 0.373 e.